The topological polar surface area (TPSA) is 44.2 Å². The number of benzene rings is 1. The molecule has 0 unspecified atom stereocenters. The first-order valence-electron chi connectivity index (χ1n) is 5.92. The summed E-state index contributed by atoms with van der Waals surface area (Å²) in [5.41, 5.74) is 0.520. The number of alkyl halides is 2. The molecule has 7 heteroatoms. The van der Waals surface area contributed by atoms with Crippen molar-refractivity contribution in [3.8, 4) is 11.5 Å². The van der Waals surface area contributed by atoms with Gasteiger partial charge in [0.2, 0.25) is 0 Å². The highest BCUT2D eigenvalue weighted by Crippen LogP contribution is 2.35. The molecule has 0 aliphatic carbocycles. The summed E-state index contributed by atoms with van der Waals surface area (Å²) in [6.07, 6.45) is 0. The van der Waals surface area contributed by atoms with Gasteiger partial charge in [0, 0.05) is 17.4 Å². The fraction of sp³-hybridized carbons (Fsp3) is 0.385. The summed E-state index contributed by atoms with van der Waals surface area (Å²) >= 11 is 3.36. The number of halogens is 3. The zero-order chi connectivity index (χ0) is 14.9. The van der Waals surface area contributed by atoms with Crippen LogP contribution in [0, 0.1) is 0 Å². The third kappa shape index (κ3) is 2.98. The van der Waals surface area contributed by atoms with Gasteiger partial charge >= 0.3 is 6.61 Å². The Morgan fingerprint density at radius 2 is 1.85 bits per heavy atom. The number of aromatic nitrogens is 2. The normalized spacial score (nSPS) is 11.4. The van der Waals surface area contributed by atoms with Crippen LogP contribution in [0.15, 0.2) is 16.7 Å². The zero-order valence-electron chi connectivity index (χ0n) is 11.2. The van der Waals surface area contributed by atoms with E-state index >= 15 is 0 Å². The van der Waals surface area contributed by atoms with E-state index in [0.29, 0.717) is 21.3 Å². The van der Waals surface area contributed by atoms with Crippen LogP contribution in [0.5, 0.6) is 11.5 Å². The molecule has 108 valence electrons. The van der Waals surface area contributed by atoms with E-state index in [1.54, 1.807) is 6.07 Å². The van der Waals surface area contributed by atoms with Crippen molar-refractivity contribution in [3.63, 3.8) is 0 Å². The Morgan fingerprint density at radius 1 is 1.15 bits per heavy atom. The predicted octanol–water partition coefficient (Wildman–Crippen LogP) is 4.13. The van der Waals surface area contributed by atoms with Crippen LogP contribution in [0.1, 0.15) is 25.6 Å². The molecule has 20 heavy (non-hydrogen) atoms. The van der Waals surface area contributed by atoms with Gasteiger partial charge in [0.05, 0.1) is 12.6 Å². The van der Waals surface area contributed by atoms with Crippen molar-refractivity contribution in [2.75, 3.05) is 7.11 Å². The first-order valence-corrected chi connectivity index (χ1v) is 6.71. The van der Waals surface area contributed by atoms with Gasteiger partial charge in [0.25, 0.3) is 0 Å². The highest BCUT2D eigenvalue weighted by molar-refractivity contribution is 9.10. The minimum Gasteiger partial charge on any atom is -0.493 e. The number of hydrogen-bond acceptors (Lipinski definition) is 4. The van der Waals surface area contributed by atoms with Gasteiger partial charge in [-0.3, -0.25) is 0 Å². The molecule has 0 saturated heterocycles. The van der Waals surface area contributed by atoms with E-state index in [-0.39, 0.29) is 17.4 Å². The van der Waals surface area contributed by atoms with Crippen LogP contribution in [0.4, 0.5) is 8.78 Å². The second-order valence-electron chi connectivity index (χ2n) is 4.43. The van der Waals surface area contributed by atoms with Gasteiger partial charge in [-0.1, -0.05) is 13.8 Å². The number of nitrogens with zero attached hydrogens (tertiary/aromatic N) is 2. The summed E-state index contributed by atoms with van der Waals surface area (Å²) in [4.78, 5) is 8.69. The second kappa shape index (κ2) is 5.87. The largest absolute Gasteiger partial charge is 0.493 e. The molecule has 0 aliphatic rings. The second-order valence-corrected chi connectivity index (χ2v) is 5.18. The molecule has 0 fully saturated rings. The fourth-order valence-corrected chi connectivity index (χ4v) is 2.22. The smallest absolute Gasteiger partial charge is 0.387 e. The number of hydrogen-bond donors (Lipinski definition) is 0. The maximum Gasteiger partial charge on any atom is 0.387 e. The molecule has 0 atom stereocenters. The Balaban J connectivity index is 2.64. The maximum absolute atomic E-state index is 12.4. The van der Waals surface area contributed by atoms with Gasteiger partial charge in [-0.05, 0) is 22.0 Å². The van der Waals surface area contributed by atoms with Crippen molar-refractivity contribution in [2.45, 2.75) is 26.4 Å². The zero-order valence-corrected chi connectivity index (χ0v) is 12.7. The molecule has 1 heterocycles. The van der Waals surface area contributed by atoms with Crippen LogP contribution >= 0.6 is 15.9 Å². The van der Waals surface area contributed by atoms with Crippen molar-refractivity contribution >= 4 is 26.8 Å². The van der Waals surface area contributed by atoms with Crippen molar-refractivity contribution in [2.24, 2.45) is 0 Å². The minimum absolute atomic E-state index is 0.0460. The van der Waals surface area contributed by atoms with Crippen molar-refractivity contribution in [1.82, 2.24) is 9.97 Å². The first kappa shape index (κ1) is 14.9. The number of fused-ring (bicyclic) bond motifs is 1. The third-order valence-electron chi connectivity index (χ3n) is 2.68. The van der Waals surface area contributed by atoms with Crippen LogP contribution in [0.3, 0.4) is 0 Å². The van der Waals surface area contributed by atoms with Crippen molar-refractivity contribution < 1.29 is 18.3 Å². The minimum atomic E-state index is -2.92. The van der Waals surface area contributed by atoms with Crippen LogP contribution in [0.2, 0.25) is 0 Å². The number of methoxy groups -OCH3 is 1. The van der Waals surface area contributed by atoms with E-state index in [4.69, 9.17) is 4.74 Å². The Morgan fingerprint density at radius 3 is 2.40 bits per heavy atom. The molecule has 2 rings (SSSR count). The lowest BCUT2D eigenvalue weighted by Gasteiger charge is -2.12. The van der Waals surface area contributed by atoms with E-state index in [2.05, 4.69) is 30.6 Å². The summed E-state index contributed by atoms with van der Waals surface area (Å²) in [7, 11) is 1.39. The third-order valence-corrected chi connectivity index (χ3v) is 3.29. The summed E-state index contributed by atoms with van der Waals surface area (Å²) < 4.78 is 34.9. The molecule has 1 aromatic carbocycles. The molecule has 2 aromatic rings. The van der Waals surface area contributed by atoms with Gasteiger partial charge in [-0.15, -0.1) is 0 Å². The van der Waals surface area contributed by atoms with Gasteiger partial charge in [-0.2, -0.15) is 8.78 Å². The average molecular weight is 347 g/mol. The van der Waals surface area contributed by atoms with E-state index in [1.807, 2.05) is 13.8 Å². The number of rotatable bonds is 4. The Hall–Kier alpha value is -1.50. The van der Waals surface area contributed by atoms with E-state index in [1.165, 1.54) is 13.2 Å². The quantitative estimate of drug-likeness (QED) is 0.781. The van der Waals surface area contributed by atoms with Gasteiger partial charge in [0.15, 0.2) is 11.5 Å². The molecule has 0 bridgehead atoms. The Labute approximate surface area is 123 Å². The monoisotopic (exact) mass is 346 g/mol. The molecule has 0 spiro atoms. The predicted molar refractivity (Wildman–Crippen MR) is 74.5 cm³/mol. The highest BCUT2D eigenvalue weighted by atomic mass is 79.9. The lowest BCUT2D eigenvalue weighted by Crippen LogP contribution is -2.05. The van der Waals surface area contributed by atoms with Gasteiger partial charge < -0.3 is 9.47 Å². The highest BCUT2D eigenvalue weighted by Gasteiger charge is 2.16. The first-order chi connectivity index (χ1) is 9.42. The van der Waals surface area contributed by atoms with Gasteiger partial charge in [-0.25, -0.2) is 9.97 Å². The Kier molecular flexibility index (Phi) is 4.37. The van der Waals surface area contributed by atoms with Crippen molar-refractivity contribution in [3.05, 3.63) is 22.6 Å². The average Bonchev–Trinajstić information content (AvgIpc) is 2.37. The fourth-order valence-electron chi connectivity index (χ4n) is 1.72. The molecular weight excluding hydrogens is 334 g/mol. The summed E-state index contributed by atoms with van der Waals surface area (Å²) in [5.74, 6) is 0.907. The SMILES string of the molecule is COc1cc2c(Br)nc(C(C)C)nc2cc1OC(F)F. The molecule has 0 amide bonds. The van der Waals surface area contributed by atoms with Crippen molar-refractivity contribution in [1.29, 1.82) is 0 Å². The van der Waals surface area contributed by atoms with Crippen LogP contribution in [-0.4, -0.2) is 23.7 Å². The van der Waals surface area contributed by atoms with E-state index in [9.17, 15) is 8.78 Å². The molecule has 0 N–H and O–H groups in total. The molecule has 4 nitrogen and oxygen atoms in total. The summed E-state index contributed by atoms with van der Waals surface area (Å²) in [6.45, 7) is 0.984. The van der Waals surface area contributed by atoms with Crippen LogP contribution in [-0.2, 0) is 0 Å². The lowest BCUT2D eigenvalue weighted by atomic mass is 10.1. The summed E-state index contributed by atoms with van der Waals surface area (Å²) in [5, 5.41) is 0.674. The Bertz CT molecular complexity index is 635. The maximum atomic E-state index is 12.4. The van der Waals surface area contributed by atoms with Crippen LogP contribution in [0.25, 0.3) is 10.9 Å². The lowest BCUT2D eigenvalue weighted by molar-refractivity contribution is -0.0511. The molecule has 1 aromatic heterocycles. The van der Waals surface area contributed by atoms with Crippen LogP contribution < -0.4 is 9.47 Å². The van der Waals surface area contributed by atoms with Gasteiger partial charge in [0.1, 0.15) is 10.4 Å². The standard InChI is InChI=1S/C13H13BrF2N2O2/c1-6(2)12-17-8-5-10(20-13(15)16)9(19-3)4-7(8)11(14)18-12/h4-6,13H,1-3H3. The molecular formula is C13H13BrF2N2O2. The van der Waals surface area contributed by atoms with E-state index in [0.717, 1.165) is 0 Å². The van der Waals surface area contributed by atoms with E-state index < -0.39 is 6.61 Å². The molecule has 0 radical (unpaired) electrons. The summed E-state index contributed by atoms with van der Waals surface area (Å²) in [6, 6.07) is 3.00. The molecule has 0 saturated carbocycles. The number of ether oxygens (including phenoxy) is 2. The molecule has 0 aliphatic heterocycles.